The van der Waals surface area contributed by atoms with Gasteiger partial charge in [-0.3, -0.25) is 4.68 Å². The number of aromatic nitrogens is 3. The van der Waals surface area contributed by atoms with E-state index < -0.39 is 5.41 Å². The van der Waals surface area contributed by atoms with Crippen LogP contribution in [-0.4, -0.2) is 14.8 Å². The van der Waals surface area contributed by atoms with Crippen LogP contribution in [0.3, 0.4) is 0 Å². The highest BCUT2D eigenvalue weighted by Crippen LogP contribution is 2.31. The van der Waals surface area contributed by atoms with Crippen LogP contribution in [0.4, 0.5) is 0 Å². The van der Waals surface area contributed by atoms with Crippen LogP contribution in [0.25, 0.3) is 0 Å². The predicted molar refractivity (Wildman–Crippen MR) is 93.1 cm³/mol. The van der Waals surface area contributed by atoms with Crippen molar-refractivity contribution in [3.05, 3.63) is 84.4 Å². The van der Waals surface area contributed by atoms with Gasteiger partial charge in [0.25, 0.3) is 0 Å². The minimum Gasteiger partial charge on any atom is -0.251 e. The van der Waals surface area contributed by atoms with E-state index in [0.717, 1.165) is 24.8 Å². The first-order chi connectivity index (χ1) is 11.8. The van der Waals surface area contributed by atoms with Crippen molar-refractivity contribution in [3.8, 4) is 6.07 Å². The first-order valence-electron chi connectivity index (χ1n) is 8.15. The molecule has 0 saturated carbocycles. The highest BCUT2D eigenvalue weighted by molar-refractivity contribution is 5.32. The average Bonchev–Trinajstić information content (AvgIpc) is 3.15. The van der Waals surface area contributed by atoms with Crippen molar-refractivity contribution in [1.29, 1.82) is 5.26 Å². The normalized spacial score (nSPS) is 13.1. The summed E-state index contributed by atoms with van der Waals surface area (Å²) < 4.78 is 1.75. The molecule has 1 heterocycles. The Balaban J connectivity index is 1.80. The van der Waals surface area contributed by atoms with E-state index >= 15 is 0 Å². The molecule has 0 aliphatic carbocycles. The Labute approximate surface area is 142 Å². The van der Waals surface area contributed by atoms with Crippen LogP contribution in [0.5, 0.6) is 0 Å². The lowest BCUT2D eigenvalue weighted by Crippen LogP contribution is -2.30. The van der Waals surface area contributed by atoms with Crippen molar-refractivity contribution >= 4 is 0 Å². The molecule has 0 radical (unpaired) electrons. The summed E-state index contributed by atoms with van der Waals surface area (Å²) in [6.07, 6.45) is 5.88. The molecule has 0 bridgehead atoms. The van der Waals surface area contributed by atoms with Crippen molar-refractivity contribution in [2.45, 2.75) is 31.2 Å². The van der Waals surface area contributed by atoms with Crippen LogP contribution in [-0.2, 0) is 18.4 Å². The SMILES string of the molecule is N#CC(CCCc1ccccc1)(Cn1cncn1)c1ccccc1. The molecule has 0 aliphatic rings. The van der Waals surface area contributed by atoms with Gasteiger partial charge in [-0.05, 0) is 30.4 Å². The molecule has 1 unspecified atom stereocenters. The van der Waals surface area contributed by atoms with E-state index in [1.165, 1.54) is 11.9 Å². The second kappa shape index (κ2) is 7.56. The maximum absolute atomic E-state index is 10.0. The minimum atomic E-state index is -0.594. The fraction of sp³-hybridized carbons (Fsp3) is 0.250. The molecule has 120 valence electrons. The fourth-order valence-corrected chi connectivity index (χ4v) is 3.06. The lowest BCUT2D eigenvalue weighted by molar-refractivity contribution is 0.392. The zero-order valence-electron chi connectivity index (χ0n) is 13.5. The third-order valence-electron chi connectivity index (χ3n) is 4.35. The Bertz CT molecular complexity index is 776. The van der Waals surface area contributed by atoms with Crippen molar-refractivity contribution in [2.24, 2.45) is 0 Å². The number of aryl methyl sites for hydroxylation is 1. The zero-order valence-corrected chi connectivity index (χ0v) is 13.5. The Morgan fingerprint density at radius 3 is 2.33 bits per heavy atom. The molecule has 0 fully saturated rings. The van der Waals surface area contributed by atoms with E-state index in [9.17, 15) is 5.26 Å². The summed E-state index contributed by atoms with van der Waals surface area (Å²) in [5.74, 6) is 0. The second-order valence-corrected chi connectivity index (χ2v) is 5.99. The third kappa shape index (κ3) is 3.69. The van der Waals surface area contributed by atoms with E-state index in [1.807, 2.05) is 36.4 Å². The topological polar surface area (TPSA) is 54.5 Å². The van der Waals surface area contributed by atoms with Gasteiger partial charge in [-0.25, -0.2) is 4.98 Å². The van der Waals surface area contributed by atoms with Gasteiger partial charge in [0.15, 0.2) is 0 Å². The quantitative estimate of drug-likeness (QED) is 0.667. The van der Waals surface area contributed by atoms with Crippen molar-refractivity contribution < 1.29 is 0 Å². The first kappa shape index (κ1) is 15.9. The van der Waals surface area contributed by atoms with Crippen LogP contribution < -0.4 is 0 Å². The van der Waals surface area contributed by atoms with Crippen LogP contribution in [0.2, 0.25) is 0 Å². The number of nitriles is 1. The van der Waals surface area contributed by atoms with Gasteiger partial charge in [0.05, 0.1) is 12.6 Å². The molecular weight excluding hydrogens is 296 g/mol. The summed E-state index contributed by atoms with van der Waals surface area (Å²) in [6, 6.07) is 23.0. The van der Waals surface area contributed by atoms with Gasteiger partial charge in [0.2, 0.25) is 0 Å². The lowest BCUT2D eigenvalue weighted by Gasteiger charge is -2.27. The van der Waals surface area contributed by atoms with E-state index in [2.05, 4.69) is 40.4 Å². The molecule has 0 amide bonds. The highest BCUT2D eigenvalue weighted by Gasteiger charge is 2.32. The Morgan fingerprint density at radius 2 is 1.71 bits per heavy atom. The zero-order chi connectivity index (χ0) is 16.7. The smallest absolute Gasteiger partial charge is 0.137 e. The van der Waals surface area contributed by atoms with E-state index in [0.29, 0.717) is 6.54 Å². The Hall–Kier alpha value is -2.93. The molecule has 3 aromatic rings. The average molecular weight is 316 g/mol. The van der Waals surface area contributed by atoms with Gasteiger partial charge in [-0.1, -0.05) is 60.7 Å². The molecular formula is C20H20N4. The van der Waals surface area contributed by atoms with E-state index in [-0.39, 0.29) is 0 Å². The summed E-state index contributed by atoms with van der Waals surface area (Å²) in [5.41, 5.74) is 1.75. The van der Waals surface area contributed by atoms with Crippen molar-refractivity contribution in [1.82, 2.24) is 14.8 Å². The van der Waals surface area contributed by atoms with Crippen LogP contribution >= 0.6 is 0 Å². The van der Waals surface area contributed by atoms with Gasteiger partial charge < -0.3 is 0 Å². The van der Waals surface area contributed by atoms with Crippen LogP contribution in [0.15, 0.2) is 73.3 Å². The second-order valence-electron chi connectivity index (χ2n) is 5.99. The number of benzene rings is 2. The predicted octanol–water partition coefficient (Wildman–Crippen LogP) is 3.76. The summed E-state index contributed by atoms with van der Waals surface area (Å²) in [5, 5.41) is 14.2. The van der Waals surface area contributed by atoms with E-state index in [1.54, 1.807) is 11.0 Å². The fourth-order valence-electron chi connectivity index (χ4n) is 3.06. The number of nitrogens with zero attached hydrogens (tertiary/aromatic N) is 4. The van der Waals surface area contributed by atoms with Gasteiger partial charge in [-0.15, -0.1) is 0 Å². The van der Waals surface area contributed by atoms with E-state index in [4.69, 9.17) is 0 Å². The number of hydrogen-bond acceptors (Lipinski definition) is 3. The molecule has 0 aliphatic heterocycles. The number of hydrogen-bond donors (Lipinski definition) is 0. The molecule has 24 heavy (non-hydrogen) atoms. The van der Waals surface area contributed by atoms with Crippen LogP contribution in [0.1, 0.15) is 24.0 Å². The van der Waals surface area contributed by atoms with Gasteiger partial charge >= 0.3 is 0 Å². The largest absolute Gasteiger partial charge is 0.251 e. The molecule has 1 aromatic heterocycles. The Morgan fingerprint density at radius 1 is 1.00 bits per heavy atom. The maximum atomic E-state index is 10.0. The molecule has 2 aromatic carbocycles. The lowest BCUT2D eigenvalue weighted by atomic mass is 9.77. The molecule has 3 rings (SSSR count). The van der Waals surface area contributed by atoms with Gasteiger partial charge in [0.1, 0.15) is 18.1 Å². The van der Waals surface area contributed by atoms with Gasteiger partial charge in [0, 0.05) is 0 Å². The minimum absolute atomic E-state index is 0.516. The van der Waals surface area contributed by atoms with Crippen molar-refractivity contribution in [3.63, 3.8) is 0 Å². The Kier molecular flexibility index (Phi) is 5.02. The highest BCUT2D eigenvalue weighted by atomic mass is 15.3. The first-order valence-corrected chi connectivity index (χ1v) is 8.15. The summed E-state index contributed by atoms with van der Waals surface area (Å²) in [4.78, 5) is 4.00. The third-order valence-corrected chi connectivity index (χ3v) is 4.35. The standard InChI is InChI=1S/C20H20N4/c21-14-20(15-24-17-22-16-23-24,19-11-5-2-6-12-19)13-7-10-18-8-3-1-4-9-18/h1-6,8-9,11-12,16-17H,7,10,13,15H2. The summed E-state index contributed by atoms with van der Waals surface area (Å²) in [7, 11) is 0. The number of rotatable bonds is 7. The van der Waals surface area contributed by atoms with Crippen molar-refractivity contribution in [2.75, 3.05) is 0 Å². The van der Waals surface area contributed by atoms with Crippen LogP contribution in [0, 0.1) is 11.3 Å². The molecule has 4 nitrogen and oxygen atoms in total. The monoisotopic (exact) mass is 316 g/mol. The van der Waals surface area contributed by atoms with Gasteiger partial charge in [-0.2, -0.15) is 10.4 Å². The maximum Gasteiger partial charge on any atom is 0.137 e. The molecule has 4 heteroatoms. The molecule has 0 spiro atoms. The molecule has 1 atom stereocenters. The molecule has 0 N–H and O–H groups in total. The summed E-state index contributed by atoms with van der Waals surface area (Å²) in [6.45, 7) is 0.516. The summed E-state index contributed by atoms with van der Waals surface area (Å²) >= 11 is 0. The molecule has 0 saturated heterocycles.